The van der Waals surface area contributed by atoms with Gasteiger partial charge < -0.3 is 19.9 Å². The van der Waals surface area contributed by atoms with Crippen molar-refractivity contribution in [2.45, 2.75) is 50.5 Å². The first-order valence-corrected chi connectivity index (χ1v) is 15.4. The molecule has 40 heavy (non-hydrogen) atoms. The number of unbranched alkanes of at least 4 members (excludes halogenated alkanes) is 2. The van der Waals surface area contributed by atoms with E-state index in [-0.39, 0.29) is 10.8 Å². The maximum absolute atomic E-state index is 13.8. The smallest absolute Gasteiger partial charge is 0.243 e. The highest BCUT2D eigenvalue weighted by Gasteiger charge is 2.27. The van der Waals surface area contributed by atoms with Gasteiger partial charge in [0.1, 0.15) is 10.6 Å². The van der Waals surface area contributed by atoms with Crippen LogP contribution in [0.15, 0.2) is 77.7 Å². The number of ether oxygens (including phenoxy) is 1. The fraction of sp³-hybridized carbons (Fsp3) is 0.387. The molecule has 1 atom stereocenters. The van der Waals surface area contributed by atoms with Crippen molar-refractivity contribution in [3.8, 4) is 5.75 Å². The minimum absolute atomic E-state index is 0.108. The summed E-state index contributed by atoms with van der Waals surface area (Å²) in [5, 5.41) is 2.90. The van der Waals surface area contributed by atoms with Crippen molar-refractivity contribution in [3.05, 3.63) is 78.4 Å². The molecule has 0 aromatic heterocycles. The fourth-order valence-corrected chi connectivity index (χ4v) is 6.42. The molecule has 0 bridgehead atoms. The second-order valence-electron chi connectivity index (χ2n) is 10.1. The number of carbonyl (C=O) groups excluding carboxylic acids is 1. The number of rotatable bonds is 12. The molecule has 0 unspecified atom stereocenters. The highest BCUT2D eigenvalue weighted by atomic mass is 32.2. The van der Waals surface area contributed by atoms with Gasteiger partial charge >= 0.3 is 0 Å². The predicted molar refractivity (Wildman–Crippen MR) is 162 cm³/mol. The second kappa shape index (κ2) is 13.7. The highest BCUT2D eigenvalue weighted by molar-refractivity contribution is 7.89. The zero-order valence-corrected chi connectivity index (χ0v) is 24.4. The first kappa shape index (κ1) is 29.4. The van der Waals surface area contributed by atoms with E-state index in [4.69, 9.17) is 4.74 Å². The van der Waals surface area contributed by atoms with Gasteiger partial charge in [-0.1, -0.05) is 50.1 Å². The Labute approximate surface area is 238 Å². The summed E-state index contributed by atoms with van der Waals surface area (Å²) >= 11 is 0. The van der Waals surface area contributed by atoms with Gasteiger partial charge in [0.05, 0.1) is 12.8 Å². The first-order chi connectivity index (χ1) is 19.3. The van der Waals surface area contributed by atoms with Gasteiger partial charge in [-0.15, -0.1) is 0 Å². The number of methoxy groups -OCH3 is 1. The van der Waals surface area contributed by atoms with Crippen molar-refractivity contribution in [1.29, 1.82) is 0 Å². The van der Waals surface area contributed by atoms with Gasteiger partial charge in [-0.25, -0.2) is 13.1 Å². The molecule has 3 aromatic rings. The SMILES string of the molecule is CCCCCC(=O)Nc1ccc(N2CCN(c3ccc(OC)cc3)CC2)c(S(=O)(=O)N[C@@H](C)c2ccccc2)c1. The van der Waals surface area contributed by atoms with Crippen LogP contribution in [-0.4, -0.2) is 47.6 Å². The van der Waals surface area contributed by atoms with Crippen LogP contribution in [0.3, 0.4) is 0 Å². The molecular weight excluding hydrogens is 524 g/mol. The molecule has 2 N–H and O–H groups in total. The number of hydrogen-bond donors (Lipinski definition) is 2. The molecule has 1 saturated heterocycles. The zero-order valence-electron chi connectivity index (χ0n) is 23.6. The molecular formula is C31H40N4O4S. The minimum atomic E-state index is -3.91. The molecule has 214 valence electrons. The van der Waals surface area contributed by atoms with Crippen LogP contribution in [0.25, 0.3) is 0 Å². The van der Waals surface area contributed by atoms with Gasteiger partial charge in [0.15, 0.2) is 0 Å². The average molecular weight is 565 g/mol. The van der Waals surface area contributed by atoms with Crippen LogP contribution in [0.4, 0.5) is 17.1 Å². The summed E-state index contributed by atoms with van der Waals surface area (Å²) in [6.07, 6.45) is 3.23. The summed E-state index contributed by atoms with van der Waals surface area (Å²) in [7, 11) is -2.26. The van der Waals surface area contributed by atoms with Crippen molar-refractivity contribution < 1.29 is 17.9 Å². The number of piperazine rings is 1. The van der Waals surface area contributed by atoms with Gasteiger partial charge in [-0.05, 0) is 61.4 Å². The molecule has 9 heteroatoms. The maximum atomic E-state index is 13.8. The standard InChI is InChI=1S/C31H40N4O4S/c1-4-5-7-12-31(36)32-26-13-18-29(30(23-26)40(37,38)33-24(2)25-10-8-6-9-11-25)35-21-19-34(20-22-35)27-14-16-28(39-3)17-15-27/h6,8-11,13-18,23-24,33H,4-5,7,12,19-22H2,1-3H3,(H,32,36)/t24-/m0/s1. The summed E-state index contributed by atoms with van der Waals surface area (Å²) in [5.41, 5.74) is 3.09. The monoisotopic (exact) mass is 564 g/mol. The van der Waals surface area contributed by atoms with E-state index in [1.54, 1.807) is 19.2 Å². The molecule has 0 radical (unpaired) electrons. The van der Waals surface area contributed by atoms with E-state index in [1.807, 2.05) is 67.6 Å². The van der Waals surface area contributed by atoms with Gasteiger partial charge in [0, 0.05) is 50.0 Å². The van der Waals surface area contributed by atoms with Crippen molar-refractivity contribution in [3.63, 3.8) is 0 Å². The van der Waals surface area contributed by atoms with Crippen LogP contribution in [0.1, 0.15) is 51.1 Å². The second-order valence-corrected chi connectivity index (χ2v) is 11.8. The van der Waals surface area contributed by atoms with Gasteiger partial charge in [0.2, 0.25) is 15.9 Å². The number of amides is 1. The number of nitrogens with one attached hydrogen (secondary N) is 2. The van der Waals surface area contributed by atoms with E-state index < -0.39 is 16.1 Å². The van der Waals surface area contributed by atoms with Crippen molar-refractivity contribution >= 4 is 33.0 Å². The number of benzene rings is 3. The largest absolute Gasteiger partial charge is 0.497 e. The fourth-order valence-electron chi connectivity index (χ4n) is 4.93. The number of anilines is 3. The Morgan fingerprint density at radius 2 is 1.60 bits per heavy atom. The third-order valence-corrected chi connectivity index (χ3v) is 8.80. The molecule has 8 nitrogen and oxygen atoms in total. The summed E-state index contributed by atoms with van der Waals surface area (Å²) < 4.78 is 35.7. The van der Waals surface area contributed by atoms with E-state index in [9.17, 15) is 13.2 Å². The molecule has 1 amide bonds. The maximum Gasteiger partial charge on any atom is 0.243 e. The lowest BCUT2D eigenvalue weighted by atomic mass is 10.1. The number of carbonyl (C=O) groups is 1. The highest BCUT2D eigenvalue weighted by Crippen LogP contribution is 2.32. The molecule has 3 aromatic carbocycles. The Morgan fingerprint density at radius 1 is 0.925 bits per heavy atom. The topological polar surface area (TPSA) is 91.0 Å². The third kappa shape index (κ3) is 7.55. The van der Waals surface area contributed by atoms with Crippen molar-refractivity contribution in [2.24, 2.45) is 0 Å². The molecule has 4 rings (SSSR count). The summed E-state index contributed by atoms with van der Waals surface area (Å²) in [5.74, 6) is 0.704. The third-order valence-electron chi connectivity index (χ3n) is 7.23. The lowest BCUT2D eigenvalue weighted by Crippen LogP contribution is -2.47. The van der Waals surface area contributed by atoms with Gasteiger partial charge in [0.25, 0.3) is 0 Å². The Morgan fingerprint density at radius 3 is 2.25 bits per heavy atom. The van der Waals surface area contributed by atoms with Crippen LogP contribution in [-0.2, 0) is 14.8 Å². The Balaban J connectivity index is 1.56. The molecule has 1 aliphatic heterocycles. The van der Waals surface area contributed by atoms with Gasteiger partial charge in [-0.2, -0.15) is 0 Å². The quantitative estimate of drug-likeness (QED) is 0.279. The summed E-state index contributed by atoms with van der Waals surface area (Å²) in [6, 6.07) is 22.2. The van der Waals surface area contributed by atoms with Crippen LogP contribution >= 0.6 is 0 Å². The van der Waals surface area contributed by atoms with E-state index in [0.29, 0.717) is 30.9 Å². The Bertz CT molecular complexity index is 1360. The van der Waals surface area contributed by atoms with Crippen LogP contribution in [0, 0.1) is 0 Å². The van der Waals surface area contributed by atoms with E-state index >= 15 is 0 Å². The molecule has 0 spiro atoms. The Hall–Kier alpha value is -3.56. The normalized spacial score (nSPS) is 14.6. The minimum Gasteiger partial charge on any atom is -0.497 e. The summed E-state index contributed by atoms with van der Waals surface area (Å²) in [4.78, 5) is 17.1. The van der Waals surface area contributed by atoms with E-state index in [0.717, 1.165) is 49.4 Å². The van der Waals surface area contributed by atoms with Crippen LogP contribution < -0.4 is 24.6 Å². The number of sulfonamides is 1. The predicted octanol–water partition coefficient (Wildman–Crippen LogP) is 5.58. The number of hydrogen-bond acceptors (Lipinski definition) is 6. The van der Waals surface area contributed by atoms with Crippen molar-refractivity contribution in [2.75, 3.05) is 48.4 Å². The molecule has 0 saturated carbocycles. The Kier molecular flexibility index (Phi) is 10.1. The van der Waals surface area contributed by atoms with Gasteiger partial charge in [-0.3, -0.25) is 4.79 Å². The van der Waals surface area contributed by atoms with Crippen molar-refractivity contribution in [1.82, 2.24) is 4.72 Å². The number of nitrogens with zero attached hydrogens (tertiary/aromatic N) is 2. The van der Waals surface area contributed by atoms with E-state index in [1.165, 1.54) is 0 Å². The summed E-state index contributed by atoms with van der Waals surface area (Å²) in [6.45, 7) is 6.73. The van der Waals surface area contributed by atoms with E-state index in [2.05, 4.69) is 26.8 Å². The molecule has 1 heterocycles. The molecule has 1 aliphatic rings. The van der Waals surface area contributed by atoms with Crippen LogP contribution in [0.2, 0.25) is 0 Å². The lowest BCUT2D eigenvalue weighted by Gasteiger charge is -2.38. The van der Waals surface area contributed by atoms with Crippen LogP contribution in [0.5, 0.6) is 5.75 Å². The molecule has 0 aliphatic carbocycles. The molecule has 1 fully saturated rings. The first-order valence-electron chi connectivity index (χ1n) is 14.0. The lowest BCUT2D eigenvalue weighted by molar-refractivity contribution is -0.116. The average Bonchev–Trinajstić information content (AvgIpc) is 2.98. The zero-order chi connectivity index (χ0) is 28.5.